The van der Waals surface area contributed by atoms with Crippen LogP contribution in [0.2, 0.25) is 0 Å². The van der Waals surface area contributed by atoms with E-state index in [1.807, 2.05) is 12.1 Å². The van der Waals surface area contributed by atoms with E-state index in [0.717, 1.165) is 74.2 Å². The summed E-state index contributed by atoms with van der Waals surface area (Å²) < 4.78 is 0. The fraction of sp³-hybridized carbons (Fsp3) is 0.222. The summed E-state index contributed by atoms with van der Waals surface area (Å²) in [6.45, 7) is 42.2. The van der Waals surface area contributed by atoms with Crippen LogP contribution in [0.25, 0.3) is 82.0 Å². The average molecular weight is 2160 g/mol. The van der Waals surface area contributed by atoms with E-state index in [1.54, 1.807) is 0 Å². The molecule has 12 aromatic carbocycles. The van der Waals surface area contributed by atoms with Gasteiger partial charge in [0.05, 0.1) is 11.4 Å². The Bertz CT molecular complexity index is 5780. The summed E-state index contributed by atoms with van der Waals surface area (Å²) >= 11 is 0. The molecule has 0 aliphatic heterocycles. The molecule has 4 unspecified atom stereocenters. The third-order valence-electron chi connectivity index (χ3n) is 22.5. The van der Waals surface area contributed by atoms with Gasteiger partial charge in [-0.25, -0.2) is 0 Å². The van der Waals surface area contributed by atoms with E-state index in [-0.39, 0.29) is 131 Å². The maximum absolute atomic E-state index is 5.40. The van der Waals surface area contributed by atoms with Gasteiger partial charge in [-0.05, 0) is 168 Å². The molecule has 0 bridgehead atoms. The first-order valence-corrected chi connectivity index (χ1v) is 42.6. The second kappa shape index (κ2) is 55.2. The minimum Gasteiger partial charge on any atom is -0.673 e. The van der Waals surface area contributed by atoms with E-state index in [1.165, 1.54) is 168 Å². The molecule has 6 nitrogen and oxygen atoms in total. The zero-order chi connectivity index (χ0) is 84.2. The Morgan fingerprint density at radius 1 is 0.341 bits per heavy atom. The molecule has 0 saturated heterocycles. The molecule has 0 fully saturated rings. The van der Waals surface area contributed by atoms with Crippen molar-refractivity contribution < 1.29 is 77.5 Å². The number of hydrogen-bond acceptors (Lipinski definition) is 3. The fourth-order valence-electron chi connectivity index (χ4n) is 16.0. The summed E-state index contributed by atoms with van der Waals surface area (Å²) in [7, 11) is 0. The van der Waals surface area contributed by atoms with Crippen LogP contribution in [0, 0.1) is 112 Å². The standard InChI is InChI=1S/C39H42N2.C33H30N2.C31H26N2.C8H16.C2H4.4CH3.3Hf/c1-6-7-8-9-16-27(2)32-26-25-31-20-11-13-22-34(31)37(32)35-23-15-24-36(40-35)39(33-21-12-10-17-28(33)3)41-38-29(4)18-14-19-30(38)5;1-5-25-20-21-26-15-7-9-17-28(26)31(25)29-18-11-19-30(34-29)33(27-16-8-6-12-22(27)2)35-32-23(3)13-10-14-24(32)4;1-21-11-4-6-16-25(21)31(33-30-22(2)12-8-13-23(30)3)29-20-10-19-28(32-29)27-18-9-15-24-14-5-7-17-26(24)27;1-3-5-7-8-6-4-2;1-2;;;;;;;/h10-15,17-27,39H,2,6-9,16H2,1,3-5H3;6-21,33H,1,5H2,2-4H3;4-17,19-20,31H,1-3H3;3H,1,4-8H2,2H3;1-2H2;4*1H3;;;/q3*-2;;;4*-1;3*+4. The van der Waals surface area contributed by atoms with E-state index in [4.69, 9.17) is 30.9 Å². The molecule has 0 amide bonds. The zero-order valence-corrected chi connectivity index (χ0v) is 88.4. The van der Waals surface area contributed by atoms with Crippen LogP contribution < -0.4 is 0 Å². The number of rotatable bonds is 27. The predicted molar refractivity (Wildman–Crippen MR) is 538 cm³/mol. The van der Waals surface area contributed by atoms with Gasteiger partial charge in [-0.1, -0.05) is 387 Å². The second-order valence-electron chi connectivity index (χ2n) is 31.2. The summed E-state index contributed by atoms with van der Waals surface area (Å²) in [6.07, 6.45) is 15.4. The molecule has 0 radical (unpaired) electrons. The van der Waals surface area contributed by atoms with Crippen LogP contribution >= 0.6 is 0 Å². The Morgan fingerprint density at radius 2 is 0.675 bits per heavy atom. The molecule has 4 atom stereocenters. The third-order valence-corrected chi connectivity index (χ3v) is 22.5. The maximum atomic E-state index is 5.40. The van der Waals surface area contributed by atoms with Crippen LogP contribution in [0.5, 0.6) is 0 Å². The number of hydrogen-bond donors (Lipinski definition) is 0. The van der Waals surface area contributed by atoms with Crippen LogP contribution in [0.3, 0.4) is 0 Å². The van der Waals surface area contributed by atoms with Gasteiger partial charge in [-0.2, -0.15) is 6.42 Å². The molecule has 126 heavy (non-hydrogen) atoms. The second-order valence-corrected chi connectivity index (χ2v) is 31.2. The summed E-state index contributed by atoms with van der Waals surface area (Å²) in [5, 5.41) is 23.2. The summed E-state index contributed by atoms with van der Waals surface area (Å²) in [6, 6.07) is 105. The van der Waals surface area contributed by atoms with Crippen molar-refractivity contribution in [3.63, 3.8) is 0 Å². The molecule has 0 N–H and O–H groups in total. The van der Waals surface area contributed by atoms with E-state index >= 15 is 0 Å². The van der Waals surface area contributed by atoms with Crippen molar-refractivity contribution in [2.24, 2.45) is 0 Å². The van der Waals surface area contributed by atoms with Gasteiger partial charge < -0.3 is 64.5 Å². The molecule has 3 heterocycles. The number of nitrogens with zero attached hydrogens (tertiary/aromatic N) is 6. The summed E-state index contributed by atoms with van der Waals surface area (Å²) in [5.41, 5.74) is 28.9. The first-order chi connectivity index (χ1) is 58.1. The molecule has 638 valence electrons. The number of para-hydroxylation sites is 3. The SMILES string of the molecule is C=C.C=CCCCCCC.Cc1ccccc1C([N-]c1c(C)cccc1C)c1cccc(-c2[c-]ccc3ccccc23)n1.[CH2-]C(CCCCCC)c1ccc2ccccc2c1-c1cccc(C([N-]c2c(C)cccc2C)c2ccccc2C)n1.[CH2-]Cc1ccc2ccccc2c1-c1cccc(C([N-]c2c(C)cccc2C)c2ccccc2C)n1.[CH3-].[CH3-].[CH3-].[CH3-].[Hf+4].[Hf+4].[Hf+4]. The molecular formula is C117H130Hf3N6+2. The molecule has 9 heteroatoms. The van der Waals surface area contributed by atoms with Gasteiger partial charge in [-0.3, -0.25) is 9.97 Å². The van der Waals surface area contributed by atoms with Gasteiger partial charge in [-0.15, -0.1) is 71.9 Å². The number of aryl methyl sites for hydroxylation is 9. The Labute approximate surface area is 816 Å². The van der Waals surface area contributed by atoms with Crippen molar-refractivity contribution in [3.05, 3.63) is 478 Å². The van der Waals surface area contributed by atoms with Gasteiger partial charge in [0.2, 0.25) is 0 Å². The minimum atomic E-state index is -0.209. The molecular weight excluding hydrogens is 2020 g/mol. The van der Waals surface area contributed by atoms with Gasteiger partial charge in [0.15, 0.2) is 0 Å². The van der Waals surface area contributed by atoms with E-state index < -0.39 is 0 Å². The van der Waals surface area contributed by atoms with E-state index in [0.29, 0.717) is 6.42 Å². The minimum absolute atomic E-state index is 0. The molecule has 0 spiro atoms. The number of fused-ring (bicyclic) bond motifs is 3. The van der Waals surface area contributed by atoms with Crippen molar-refractivity contribution in [3.8, 4) is 33.8 Å². The quantitative estimate of drug-likeness (QED) is 0.0223. The monoisotopic (exact) mass is 2160 g/mol. The predicted octanol–water partition coefficient (Wildman–Crippen LogP) is 34.7. The molecule has 3 aromatic heterocycles. The number of pyridine rings is 3. The van der Waals surface area contributed by atoms with Gasteiger partial charge in [0.1, 0.15) is 0 Å². The number of benzene rings is 12. The number of aromatic nitrogens is 3. The van der Waals surface area contributed by atoms with E-state index in [2.05, 4.69) is 401 Å². The average Bonchev–Trinajstić information content (AvgIpc) is 0.780. The fourth-order valence-corrected chi connectivity index (χ4v) is 16.0. The van der Waals surface area contributed by atoms with Crippen LogP contribution in [-0.2, 0) is 84.0 Å². The summed E-state index contributed by atoms with van der Waals surface area (Å²) in [4.78, 5) is 15.8. The van der Waals surface area contributed by atoms with Crippen molar-refractivity contribution >= 4 is 49.4 Å². The number of unbranched alkanes of at least 4 members (excludes halogenated alkanes) is 7. The van der Waals surface area contributed by atoms with Crippen LogP contribution in [0.15, 0.2) is 317 Å². The largest absolute Gasteiger partial charge is 4.00 e. The first-order valence-electron chi connectivity index (χ1n) is 42.6. The number of allylic oxidation sites excluding steroid dienone is 1. The summed E-state index contributed by atoms with van der Waals surface area (Å²) in [5.74, 6) is 0.211. The Morgan fingerprint density at radius 3 is 1.08 bits per heavy atom. The zero-order valence-electron chi connectivity index (χ0n) is 77.6. The normalized spacial score (nSPS) is 11.2. The molecule has 0 aliphatic carbocycles. The topological polar surface area (TPSA) is 81.0 Å². The van der Waals surface area contributed by atoms with Crippen molar-refractivity contribution in [1.29, 1.82) is 0 Å². The van der Waals surface area contributed by atoms with Crippen molar-refractivity contribution in [2.75, 3.05) is 0 Å². The van der Waals surface area contributed by atoms with Gasteiger partial charge in [0.25, 0.3) is 0 Å². The Hall–Kier alpha value is -9.64. The van der Waals surface area contributed by atoms with Crippen LogP contribution in [0.4, 0.5) is 17.1 Å². The van der Waals surface area contributed by atoms with Gasteiger partial charge >= 0.3 is 77.5 Å². The first kappa shape index (κ1) is 109. The smallest absolute Gasteiger partial charge is 0.673 e. The van der Waals surface area contributed by atoms with Gasteiger partial charge in [0, 0.05) is 28.2 Å². The van der Waals surface area contributed by atoms with Crippen LogP contribution in [0.1, 0.15) is 197 Å². The maximum Gasteiger partial charge on any atom is 4.00 e. The third kappa shape index (κ3) is 27.9. The Kier molecular flexibility index (Phi) is 47.6. The molecule has 0 saturated carbocycles. The van der Waals surface area contributed by atoms with Crippen molar-refractivity contribution in [1.82, 2.24) is 15.0 Å². The molecule has 15 rings (SSSR count). The van der Waals surface area contributed by atoms with Crippen LogP contribution in [-0.4, -0.2) is 15.0 Å². The molecule has 0 aliphatic rings. The van der Waals surface area contributed by atoms with Crippen molar-refractivity contribution in [2.45, 2.75) is 171 Å². The molecule has 15 aromatic rings. The van der Waals surface area contributed by atoms with E-state index in [9.17, 15) is 0 Å². The Balaban J connectivity index is 0.000000367.